The van der Waals surface area contributed by atoms with Crippen LogP contribution in [0, 0.1) is 12.8 Å². The van der Waals surface area contributed by atoms with Crippen LogP contribution in [-0.4, -0.2) is 16.8 Å². The van der Waals surface area contributed by atoms with Crippen molar-refractivity contribution in [2.24, 2.45) is 5.92 Å². The second kappa shape index (κ2) is 4.17. The van der Waals surface area contributed by atoms with Gasteiger partial charge in [-0.3, -0.25) is 9.59 Å². The maximum absolute atomic E-state index is 12.2. The molecule has 3 rings (SSSR count). The zero-order valence-electron chi connectivity index (χ0n) is 10.9. The Hall–Kier alpha value is -1.68. The number of benzene rings is 1. The third kappa shape index (κ3) is 1.70. The Labute approximate surface area is 111 Å². The van der Waals surface area contributed by atoms with Gasteiger partial charge in [0.15, 0.2) is 5.60 Å². The summed E-state index contributed by atoms with van der Waals surface area (Å²) in [5, 5.41) is 13.6. The molecule has 100 valence electrons. The number of ketones is 1. The lowest BCUT2D eigenvalue weighted by atomic mass is 9.73. The highest BCUT2D eigenvalue weighted by Crippen LogP contribution is 2.45. The summed E-state index contributed by atoms with van der Waals surface area (Å²) in [6.07, 6.45) is 2.78. The standard InChI is InChI=1S/C15H17NO3/c1-9-6-7-12-11(8-9)15(19,14(18)16-12)10-4-2-3-5-13(10)17/h6-8,10,19H,2-5H2,1H3,(H,16,18)/t10-,15-/m1/s1. The number of anilines is 1. The Balaban J connectivity index is 2.10. The van der Waals surface area contributed by atoms with Crippen molar-refractivity contribution in [3.63, 3.8) is 0 Å². The Morgan fingerprint density at radius 3 is 2.84 bits per heavy atom. The smallest absolute Gasteiger partial charge is 0.261 e. The van der Waals surface area contributed by atoms with Crippen molar-refractivity contribution in [1.82, 2.24) is 0 Å². The second-order valence-electron chi connectivity index (χ2n) is 5.53. The lowest BCUT2D eigenvalue weighted by Crippen LogP contribution is -2.46. The van der Waals surface area contributed by atoms with Gasteiger partial charge in [0.2, 0.25) is 0 Å². The van der Waals surface area contributed by atoms with Crippen LogP contribution in [0.2, 0.25) is 0 Å². The maximum Gasteiger partial charge on any atom is 0.261 e. The third-order valence-electron chi connectivity index (χ3n) is 4.24. The van der Waals surface area contributed by atoms with Crippen molar-refractivity contribution in [3.8, 4) is 0 Å². The minimum Gasteiger partial charge on any atom is -0.375 e. The van der Waals surface area contributed by atoms with Crippen LogP contribution in [0.1, 0.15) is 36.8 Å². The van der Waals surface area contributed by atoms with Crippen LogP contribution in [0.25, 0.3) is 0 Å². The average Bonchev–Trinajstić information content (AvgIpc) is 2.64. The number of nitrogens with one attached hydrogen (secondary N) is 1. The molecule has 2 aliphatic rings. The van der Waals surface area contributed by atoms with Gasteiger partial charge in [-0.05, 0) is 25.8 Å². The summed E-state index contributed by atoms with van der Waals surface area (Å²) in [6.45, 7) is 1.91. The quantitative estimate of drug-likeness (QED) is 0.809. The molecule has 4 nitrogen and oxygen atoms in total. The maximum atomic E-state index is 12.2. The number of aliphatic hydroxyl groups is 1. The fourth-order valence-corrected chi connectivity index (χ4v) is 3.19. The van der Waals surface area contributed by atoms with Gasteiger partial charge < -0.3 is 10.4 Å². The Kier molecular flexibility index (Phi) is 2.71. The summed E-state index contributed by atoms with van der Waals surface area (Å²) in [6, 6.07) is 5.47. The number of hydrogen-bond acceptors (Lipinski definition) is 3. The first-order valence-electron chi connectivity index (χ1n) is 6.71. The van der Waals surface area contributed by atoms with Gasteiger partial charge in [0.25, 0.3) is 5.91 Å². The molecule has 19 heavy (non-hydrogen) atoms. The number of aryl methyl sites for hydroxylation is 1. The highest BCUT2D eigenvalue weighted by Gasteiger charge is 2.53. The monoisotopic (exact) mass is 259 g/mol. The van der Waals surface area contributed by atoms with Gasteiger partial charge in [0, 0.05) is 17.7 Å². The lowest BCUT2D eigenvalue weighted by molar-refractivity contribution is -0.150. The molecule has 1 heterocycles. The van der Waals surface area contributed by atoms with E-state index in [1.54, 1.807) is 12.1 Å². The molecule has 2 atom stereocenters. The molecule has 1 fully saturated rings. The fourth-order valence-electron chi connectivity index (χ4n) is 3.19. The van der Waals surface area contributed by atoms with E-state index in [1.807, 2.05) is 13.0 Å². The summed E-state index contributed by atoms with van der Waals surface area (Å²) in [5.41, 5.74) is 0.463. The van der Waals surface area contributed by atoms with E-state index in [4.69, 9.17) is 0 Å². The molecule has 1 aliphatic carbocycles. The molecule has 0 saturated heterocycles. The molecule has 0 bridgehead atoms. The molecule has 2 N–H and O–H groups in total. The molecule has 1 aromatic rings. The SMILES string of the molecule is Cc1ccc2c(c1)[C@](O)([C@@H]1CCCCC1=O)C(=O)N2. The van der Waals surface area contributed by atoms with Crippen LogP contribution in [0.4, 0.5) is 5.69 Å². The van der Waals surface area contributed by atoms with Crippen LogP contribution in [0.5, 0.6) is 0 Å². The molecule has 4 heteroatoms. The minimum absolute atomic E-state index is 0.00161. The summed E-state index contributed by atoms with van der Waals surface area (Å²) < 4.78 is 0. The van der Waals surface area contributed by atoms with Gasteiger partial charge in [0.1, 0.15) is 5.78 Å². The fraction of sp³-hybridized carbons (Fsp3) is 0.467. The topological polar surface area (TPSA) is 66.4 Å². The molecule has 1 amide bonds. The van der Waals surface area contributed by atoms with Gasteiger partial charge in [-0.25, -0.2) is 0 Å². The van der Waals surface area contributed by atoms with Crippen molar-refractivity contribution >= 4 is 17.4 Å². The van der Waals surface area contributed by atoms with Crippen molar-refractivity contribution in [2.45, 2.75) is 38.2 Å². The highest BCUT2D eigenvalue weighted by molar-refractivity contribution is 6.08. The molecule has 1 aromatic carbocycles. The molecular formula is C15H17NO3. The molecule has 0 unspecified atom stereocenters. The number of fused-ring (bicyclic) bond motifs is 1. The number of carbonyl (C=O) groups is 2. The van der Waals surface area contributed by atoms with Crippen molar-refractivity contribution in [1.29, 1.82) is 0 Å². The number of rotatable bonds is 1. The number of hydrogen-bond donors (Lipinski definition) is 2. The number of amides is 1. The van der Waals surface area contributed by atoms with Gasteiger partial charge in [0.05, 0.1) is 5.92 Å². The van der Waals surface area contributed by atoms with Crippen molar-refractivity contribution in [3.05, 3.63) is 29.3 Å². The van der Waals surface area contributed by atoms with E-state index >= 15 is 0 Å². The molecule has 1 aliphatic heterocycles. The number of carbonyl (C=O) groups excluding carboxylic acids is 2. The zero-order chi connectivity index (χ0) is 13.6. The summed E-state index contributed by atoms with van der Waals surface area (Å²) in [4.78, 5) is 24.3. The number of Topliss-reactive ketones (excluding diaryl/α,β-unsaturated/α-hetero) is 1. The second-order valence-corrected chi connectivity index (χ2v) is 5.53. The zero-order valence-corrected chi connectivity index (χ0v) is 10.9. The van der Waals surface area contributed by atoms with Crippen molar-refractivity contribution in [2.75, 3.05) is 5.32 Å². The molecule has 0 spiro atoms. The van der Waals surface area contributed by atoms with Crippen LogP contribution in [-0.2, 0) is 15.2 Å². The van der Waals surface area contributed by atoms with Gasteiger partial charge in [-0.15, -0.1) is 0 Å². The first kappa shape index (κ1) is 12.4. The Morgan fingerprint density at radius 2 is 2.11 bits per heavy atom. The van der Waals surface area contributed by atoms with Crippen LogP contribution >= 0.6 is 0 Å². The van der Waals surface area contributed by atoms with E-state index in [0.717, 1.165) is 18.4 Å². The first-order valence-corrected chi connectivity index (χ1v) is 6.71. The Bertz CT molecular complexity index is 567. The van der Waals surface area contributed by atoms with Crippen LogP contribution < -0.4 is 5.32 Å². The minimum atomic E-state index is -1.68. The lowest BCUT2D eigenvalue weighted by Gasteiger charge is -2.32. The molecular weight excluding hydrogens is 242 g/mol. The average molecular weight is 259 g/mol. The summed E-state index contributed by atoms with van der Waals surface area (Å²) >= 11 is 0. The van der Waals surface area contributed by atoms with E-state index in [9.17, 15) is 14.7 Å². The summed E-state index contributed by atoms with van der Waals surface area (Å²) in [7, 11) is 0. The predicted molar refractivity (Wildman–Crippen MR) is 70.7 cm³/mol. The van der Waals surface area contributed by atoms with E-state index in [1.165, 1.54) is 0 Å². The van der Waals surface area contributed by atoms with Gasteiger partial charge in [-0.2, -0.15) is 0 Å². The largest absolute Gasteiger partial charge is 0.375 e. The van der Waals surface area contributed by atoms with Gasteiger partial charge >= 0.3 is 0 Å². The first-order chi connectivity index (χ1) is 9.03. The predicted octanol–water partition coefficient (Wildman–Crippen LogP) is 1.89. The van der Waals surface area contributed by atoms with Crippen LogP contribution in [0.15, 0.2) is 18.2 Å². The van der Waals surface area contributed by atoms with E-state index in [-0.39, 0.29) is 5.78 Å². The molecule has 1 saturated carbocycles. The van der Waals surface area contributed by atoms with E-state index < -0.39 is 17.4 Å². The van der Waals surface area contributed by atoms with E-state index in [2.05, 4.69) is 5.32 Å². The molecule has 0 radical (unpaired) electrons. The van der Waals surface area contributed by atoms with Crippen molar-refractivity contribution < 1.29 is 14.7 Å². The van der Waals surface area contributed by atoms with E-state index in [0.29, 0.717) is 24.1 Å². The third-order valence-corrected chi connectivity index (χ3v) is 4.24. The normalized spacial score (nSPS) is 30.1. The molecule has 0 aromatic heterocycles. The van der Waals surface area contributed by atoms with Crippen LogP contribution in [0.3, 0.4) is 0 Å². The highest BCUT2D eigenvalue weighted by atomic mass is 16.3. The van der Waals surface area contributed by atoms with Gasteiger partial charge in [-0.1, -0.05) is 24.1 Å². The summed E-state index contributed by atoms with van der Waals surface area (Å²) in [5.74, 6) is -1.07. The Morgan fingerprint density at radius 1 is 1.32 bits per heavy atom.